The zero-order chi connectivity index (χ0) is 20.1. The molecule has 7 heteroatoms. The van der Waals surface area contributed by atoms with Gasteiger partial charge in [-0.1, -0.05) is 30.3 Å². The number of amides is 1. The van der Waals surface area contributed by atoms with Crippen molar-refractivity contribution in [3.8, 4) is 0 Å². The molecule has 0 bridgehead atoms. The molecule has 1 amide bonds. The Kier molecular flexibility index (Phi) is 6.03. The number of aryl methyl sites for hydroxylation is 1. The fourth-order valence-electron chi connectivity index (χ4n) is 3.91. The van der Waals surface area contributed by atoms with Gasteiger partial charge < -0.3 is 10.2 Å². The standard InChI is InChI=1S/C22H28N6O/c1-17(10-11-18-8-4-2-5-9-18)26-20(29)15-28-22-19(14-25-28)21(23-16-24-22)27-12-6-3-7-13-27/h2,4-5,8-9,14,16-17H,3,6-7,10-13,15H2,1H3,(H,26,29)/t17-/m1/s1. The Bertz CT molecular complexity index is 948. The molecule has 1 aliphatic rings. The van der Waals surface area contributed by atoms with Crippen LogP contribution in [0.2, 0.25) is 0 Å². The van der Waals surface area contributed by atoms with Crippen molar-refractivity contribution in [2.45, 2.75) is 51.6 Å². The van der Waals surface area contributed by atoms with Crippen LogP contribution >= 0.6 is 0 Å². The highest BCUT2D eigenvalue weighted by Crippen LogP contribution is 2.25. The highest BCUT2D eigenvalue weighted by atomic mass is 16.2. The van der Waals surface area contributed by atoms with Gasteiger partial charge in [0.15, 0.2) is 5.65 Å². The van der Waals surface area contributed by atoms with Gasteiger partial charge in [-0.3, -0.25) is 4.79 Å². The average Bonchev–Trinajstić information content (AvgIpc) is 3.16. The maximum Gasteiger partial charge on any atom is 0.242 e. The number of piperidine rings is 1. The van der Waals surface area contributed by atoms with E-state index in [0.717, 1.165) is 37.1 Å². The van der Waals surface area contributed by atoms with Crippen LogP contribution in [0.15, 0.2) is 42.9 Å². The summed E-state index contributed by atoms with van der Waals surface area (Å²) >= 11 is 0. The summed E-state index contributed by atoms with van der Waals surface area (Å²) in [6, 6.07) is 10.4. The van der Waals surface area contributed by atoms with Crippen LogP contribution in [0.25, 0.3) is 11.0 Å². The van der Waals surface area contributed by atoms with Gasteiger partial charge in [-0.25, -0.2) is 14.6 Å². The minimum absolute atomic E-state index is 0.0475. The van der Waals surface area contributed by atoms with Crippen molar-refractivity contribution < 1.29 is 4.79 Å². The van der Waals surface area contributed by atoms with Crippen LogP contribution in [0.1, 0.15) is 38.2 Å². The monoisotopic (exact) mass is 392 g/mol. The Labute approximate surface area is 171 Å². The predicted molar refractivity (Wildman–Crippen MR) is 114 cm³/mol. The fraction of sp³-hybridized carbons (Fsp3) is 0.455. The number of hydrogen-bond acceptors (Lipinski definition) is 5. The lowest BCUT2D eigenvalue weighted by molar-refractivity contribution is -0.122. The number of carbonyl (C=O) groups excluding carboxylic acids is 1. The minimum Gasteiger partial charge on any atom is -0.356 e. The normalized spacial score (nSPS) is 15.4. The van der Waals surface area contributed by atoms with Crippen LogP contribution in [0.5, 0.6) is 0 Å². The molecule has 1 atom stereocenters. The van der Waals surface area contributed by atoms with Crippen molar-refractivity contribution in [2.75, 3.05) is 18.0 Å². The largest absolute Gasteiger partial charge is 0.356 e. The first kappa shape index (κ1) is 19.4. The molecule has 1 aromatic carbocycles. The summed E-state index contributed by atoms with van der Waals surface area (Å²) in [4.78, 5) is 23.7. The maximum atomic E-state index is 12.5. The van der Waals surface area contributed by atoms with Gasteiger partial charge in [-0.15, -0.1) is 0 Å². The molecule has 1 saturated heterocycles. The third-order valence-corrected chi connectivity index (χ3v) is 5.48. The molecular weight excluding hydrogens is 364 g/mol. The zero-order valence-electron chi connectivity index (χ0n) is 16.9. The summed E-state index contributed by atoms with van der Waals surface area (Å²) in [5, 5.41) is 8.41. The van der Waals surface area contributed by atoms with E-state index in [1.165, 1.54) is 24.8 Å². The third-order valence-electron chi connectivity index (χ3n) is 5.48. The average molecular weight is 393 g/mol. The maximum absolute atomic E-state index is 12.5. The van der Waals surface area contributed by atoms with E-state index in [4.69, 9.17) is 0 Å². The number of aromatic nitrogens is 4. The molecule has 3 aromatic rings. The zero-order valence-corrected chi connectivity index (χ0v) is 16.9. The van der Waals surface area contributed by atoms with Crippen molar-refractivity contribution in [3.05, 3.63) is 48.4 Å². The summed E-state index contributed by atoms with van der Waals surface area (Å²) in [5.41, 5.74) is 2.00. The van der Waals surface area contributed by atoms with Crippen LogP contribution < -0.4 is 10.2 Å². The summed E-state index contributed by atoms with van der Waals surface area (Å²) in [6.07, 6.45) is 8.84. The molecule has 2 aromatic heterocycles. The van der Waals surface area contributed by atoms with Gasteiger partial charge in [0, 0.05) is 19.1 Å². The lowest BCUT2D eigenvalue weighted by atomic mass is 10.1. The molecule has 1 fully saturated rings. The molecule has 0 unspecified atom stereocenters. The molecule has 1 aliphatic heterocycles. The highest BCUT2D eigenvalue weighted by molar-refractivity contribution is 5.87. The first-order valence-electron chi connectivity index (χ1n) is 10.5. The summed E-state index contributed by atoms with van der Waals surface area (Å²) in [6.45, 7) is 4.22. The van der Waals surface area contributed by atoms with Crippen LogP contribution in [-0.4, -0.2) is 44.8 Å². The molecule has 4 rings (SSSR count). The van der Waals surface area contributed by atoms with Gasteiger partial charge in [0.1, 0.15) is 18.7 Å². The van der Waals surface area contributed by atoms with Crippen molar-refractivity contribution >= 4 is 22.8 Å². The van der Waals surface area contributed by atoms with E-state index < -0.39 is 0 Å². The SMILES string of the molecule is C[C@H](CCc1ccccc1)NC(=O)Cn1ncc2c(N3CCCCC3)ncnc21. The number of fused-ring (bicyclic) bond motifs is 1. The second-order valence-electron chi connectivity index (χ2n) is 7.78. The number of carbonyl (C=O) groups is 1. The summed E-state index contributed by atoms with van der Waals surface area (Å²) < 4.78 is 1.67. The molecule has 0 saturated carbocycles. The number of benzene rings is 1. The second kappa shape index (κ2) is 9.03. The van der Waals surface area contributed by atoms with Gasteiger partial charge >= 0.3 is 0 Å². The van der Waals surface area contributed by atoms with E-state index in [2.05, 4.69) is 37.4 Å². The van der Waals surface area contributed by atoms with Crippen molar-refractivity contribution in [1.29, 1.82) is 0 Å². The molecule has 7 nitrogen and oxygen atoms in total. The van der Waals surface area contributed by atoms with E-state index in [1.54, 1.807) is 17.2 Å². The number of hydrogen-bond donors (Lipinski definition) is 1. The first-order chi connectivity index (χ1) is 14.2. The lowest BCUT2D eigenvalue weighted by Crippen LogP contribution is -2.35. The van der Waals surface area contributed by atoms with E-state index >= 15 is 0 Å². The number of nitrogens with one attached hydrogen (secondary N) is 1. The van der Waals surface area contributed by atoms with E-state index in [1.807, 2.05) is 25.1 Å². The van der Waals surface area contributed by atoms with E-state index in [9.17, 15) is 4.79 Å². The molecule has 152 valence electrons. The van der Waals surface area contributed by atoms with Gasteiger partial charge in [-0.05, 0) is 44.6 Å². The number of nitrogens with zero attached hydrogens (tertiary/aromatic N) is 5. The van der Waals surface area contributed by atoms with Crippen molar-refractivity contribution in [1.82, 2.24) is 25.1 Å². The molecule has 1 N–H and O–H groups in total. The third kappa shape index (κ3) is 4.72. The summed E-state index contributed by atoms with van der Waals surface area (Å²) in [7, 11) is 0. The van der Waals surface area contributed by atoms with Crippen molar-refractivity contribution in [3.63, 3.8) is 0 Å². The summed E-state index contributed by atoms with van der Waals surface area (Å²) in [5.74, 6) is 0.881. The first-order valence-corrected chi connectivity index (χ1v) is 10.5. The number of rotatable bonds is 7. The van der Waals surface area contributed by atoms with Gasteiger partial charge in [0.25, 0.3) is 0 Å². The molecule has 0 radical (unpaired) electrons. The minimum atomic E-state index is -0.0475. The Morgan fingerprint density at radius 2 is 1.93 bits per heavy atom. The predicted octanol–water partition coefficient (Wildman–Crippen LogP) is 2.95. The Balaban J connectivity index is 1.38. The quantitative estimate of drug-likeness (QED) is 0.669. The molecule has 0 spiro atoms. The highest BCUT2D eigenvalue weighted by Gasteiger charge is 2.18. The van der Waals surface area contributed by atoms with E-state index in [-0.39, 0.29) is 18.5 Å². The van der Waals surface area contributed by atoms with Gasteiger partial charge in [0.05, 0.1) is 11.6 Å². The fourth-order valence-corrected chi connectivity index (χ4v) is 3.91. The molecular formula is C22H28N6O. The lowest BCUT2D eigenvalue weighted by Gasteiger charge is -2.27. The van der Waals surface area contributed by atoms with Crippen molar-refractivity contribution in [2.24, 2.45) is 0 Å². The van der Waals surface area contributed by atoms with Crippen LogP contribution in [0.4, 0.5) is 5.82 Å². The molecule has 0 aliphatic carbocycles. The Hall–Kier alpha value is -2.96. The Morgan fingerprint density at radius 3 is 2.72 bits per heavy atom. The van der Waals surface area contributed by atoms with E-state index in [0.29, 0.717) is 5.65 Å². The van der Waals surface area contributed by atoms with Crippen LogP contribution in [0, 0.1) is 0 Å². The number of anilines is 1. The second-order valence-corrected chi connectivity index (χ2v) is 7.78. The molecule has 29 heavy (non-hydrogen) atoms. The topological polar surface area (TPSA) is 75.9 Å². The van der Waals surface area contributed by atoms with Gasteiger partial charge in [-0.2, -0.15) is 5.10 Å². The van der Waals surface area contributed by atoms with Gasteiger partial charge in [0.2, 0.25) is 5.91 Å². The van der Waals surface area contributed by atoms with Crippen LogP contribution in [-0.2, 0) is 17.8 Å². The smallest absolute Gasteiger partial charge is 0.242 e. The van der Waals surface area contributed by atoms with Crippen LogP contribution in [0.3, 0.4) is 0 Å². The Morgan fingerprint density at radius 1 is 1.14 bits per heavy atom. The molecule has 3 heterocycles.